The van der Waals surface area contributed by atoms with Crippen molar-refractivity contribution in [3.8, 4) is 0 Å². The number of aliphatic hydroxyl groups is 1. The zero-order valence-corrected chi connectivity index (χ0v) is 12.1. The third kappa shape index (κ3) is 3.81. The molecule has 1 aromatic rings. The van der Waals surface area contributed by atoms with Gasteiger partial charge in [0.25, 0.3) is 0 Å². The molecule has 0 saturated heterocycles. The van der Waals surface area contributed by atoms with E-state index < -0.39 is 6.10 Å². The molecule has 0 spiro atoms. The van der Waals surface area contributed by atoms with E-state index in [4.69, 9.17) is 5.73 Å². The number of nitrogens with one attached hydrogen (secondary N) is 1. The molecular formula is C16H24N2O2. The second kappa shape index (κ2) is 6.37. The number of hydrogen-bond donors (Lipinski definition) is 3. The molecule has 4 heteroatoms. The molecule has 4 N–H and O–H groups in total. The molecular weight excluding hydrogens is 252 g/mol. The van der Waals surface area contributed by atoms with Crippen LogP contribution in [0.5, 0.6) is 0 Å². The van der Waals surface area contributed by atoms with Gasteiger partial charge in [0.1, 0.15) is 0 Å². The Hall–Kier alpha value is -1.39. The Labute approximate surface area is 120 Å². The molecule has 0 bridgehead atoms. The molecule has 110 valence electrons. The van der Waals surface area contributed by atoms with Crippen molar-refractivity contribution in [1.29, 1.82) is 0 Å². The Bertz CT molecular complexity index is 465. The molecule has 1 aromatic carbocycles. The van der Waals surface area contributed by atoms with Gasteiger partial charge < -0.3 is 16.2 Å². The molecule has 0 heterocycles. The Kier molecular flexibility index (Phi) is 4.78. The van der Waals surface area contributed by atoms with E-state index in [1.54, 1.807) is 6.92 Å². The number of rotatable bonds is 4. The van der Waals surface area contributed by atoms with Gasteiger partial charge in [0.05, 0.1) is 6.10 Å². The maximum absolute atomic E-state index is 12.2. The Morgan fingerprint density at radius 3 is 2.65 bits per heavy atom. The fourth-order valence-corrected chi connectivity index (χ4v) is 2.92. The fraction of sp³-hybridized carbons (Fsp3) is 0.562. The van der Waals surface area contributed by atoms with Gasteiger partial charge in [0.15, 0.2) is 0 Å². The Morgan fingerprint density at radius 1 is 1.35 bits per heavy atom. The van der Waals surface area contributed by atoms with E-state index in [1.807, 2.05) is 24.3 Å². The summed E-state index contributed by atoms with van der Waals surface area (Å²) in [6, 6.07) is 7.33. The summed E-state index contributed by atoms with van der Waals surface area (Å²) in [5.41, 5.74) is 7.35. The van der Waals surface area contributed by atoms with Gasteiger partial charge in [-0.05, 0) is 25.8 Å². The number of nitrogens with two attached hydrogens (primary N) is 1. The van der Waals surface area contributed by atoms with Crippen LogP contribution in [0.4, 0.5) is 5.69 Å². The lowest BCUT2D eigenvalue weighted by Crippen LogP contribution is -2.44. The molecule has 1 saturated carbocycles. The van der Waals surface area contributed by atoms with Crippen molar-refractivity contribution in [3.05, 3.63) is 29.8 Å². The Morgan fingerprint density at radius 2 is 2.00 bits per heavy atom. The summed E-state index contributed by atoms with van der Waals surface area (Å²) in [7, 11) is 0. The van der Waals surface area contributed by atoms with E-state index in [0.29, 0.717) is 12.1 Å². The van der Waals surface area contributed by atoms with Gasteiger partial charge in [0, 0.05) is 23.2 Å². The second-order valence-electron chi connectivity index (χ2n) is 5.91. The predicted molar refractivity (Wildman–Crippen MR) is 80.3 cm³/mol. The quantitative estimate of drug-likeness (QED) is 0.791. The molecule has 1 aliphatic rings. The van der Waals surface area contributed by atoms with Crippen LogP contribution in [0.3, 0.4) is 0 Å². The number of hydrogen-bond acceptors (Lipinski definition) is 3. The van der Waals surface area contributed by atoms with Gasteiger partial charge in [-0.15, -0.1) is 0 Å². The Balaban J connectivity index is 2.01. The molecule has 4 nitrogen and oxygen atoms in total. The molecule has 0 radical (unpaired) electrons. The molecule has 1 amide bonds. The van der Waals surface area contributed by atoms with E-state index in [1.165, 1.54) is 6.42 Å². The van der Waals surface area contributed by atoms with Gasteiger partial charge in [0.2, 0.25) is 5.91 Å². The van der Waals surface area contributed by atoms with Gasteiger partial charge in [-0.3, -0.25) is 4.79 Å². The minimum Gasteiger partial charge on any atom is -0.389 e. The average Bonchev–Trinajstić information content (AvgIpc) is 2.39. The van der Waals surface area contributed by atoms with Crippen LogP contribution in [0.2, 0.25) is 0 Å². The zero-order chi connectivity index (χ0) is 14.6. The summed E-state index contributed by atoms with van der Waals surface area (Å²) in [6.07, 6.45) is 5.00. The minimum absolute atomic E-state index is 0.0671. The van der Waals surface area contributed by atoms with Crippen molar-refractivity contribution >= 4 is 11.6 Å². The number of para-hydroxylation sites is 1. The molecule has 20 heavy (non-hydrogen) atoms. The van der Waals surface area contributed by atoms with Crippen molar-refractivity contribution < 1.29 is 9.90 Å². The number of carbonyl (C=O) groups is 1. The van der Waals surface area contributed by atoms with Crippen LogP contribution in [-0.4, -0.2) is 16.6 Å². The van der Waals surface area contributed by atoms with E-state index >= 15 is 0 Å². The van der Waals surface area contributed by atoms with Crippen LogP contribution in [0.25, 0.3) is 0 Å². The summed E-state index contributed by atoms with van der Waals surface area (Å²) < 4.78 is 0. The number of aliphatic hydroxyl groups excluding tert-OH is 1. The van der Waals surface area contributed by atoms with Gasteiger partial charge in [-0.1, -0.05) is 37.5 Å². The van der Waals surface area contributed by atoms with Crippen molar-refractivity contribution in [2.24, 2.45) is 5.73 Å². The van der Waals surface area contributed by atoms with Crippen molar-refractivity contribution in [3.63, 3.8) is 0 Å². The van der Waals surface area contributed by atoms with E-state index in [-0.39, 0.29) is 11.4 Å². The minimum atomic E-state index is -0.604. The average molecular weight is 276 g/mol. The van der Waals surface area contributed by atoms with Crippen LogP contribution < -0.4 is 11.1 Å². The summed E-state index contributed by atoms with van der Waals surface area (Å²) in [5, 5.41) is 12.6. The summed E-state index contributed by atoms with van der Waals surface area (Å²) >= 11 is 0. The topological polar surface area (TPSA) is 75.3 Å². The third-order valence-electron chi connectivity index (χ3n) is 4.05. The zero-order valence-electron chi connectivity index (χ0n) is 12.1. The van der Waals surface area contributed by atoms with Gasteiger partial charge >= 0.3 is 0 Å². The summed E-state index contributed by atoms with van der Waals surface area (Å²) in [5.74, 6) is -0.0671. The van der Waals surface area contributed by atoms with Gasteiger partial charge in [-0.2, -0.15) is 0 Å². The van der Waals surface area contributed by atoms with E-state index in [0.717, 1.165) is 31.2 Å². The maximum Gasteiger partial charge on any atom is 0.226 e. The number of amides is 1. The summed E-state index contributed by atoms with van der Waals surface area (Å²) in [4.78, 5) is 12.2. The lowest BCUT2D eigenvalue weighted by molar-refractivity contribution is -0.117. The molecule has 1 unspecified atom stereocenters. The monoisotopic (exact) mass is 276 g/mol. The molecule has 2 rings (SSSR count). The van der Waals surface area contributed by atoms with Crippen molar-refractivity contribution in [2.45, 2.75) is 57.1 Å². The lowest BCUT2D eigenvalue weighted by atomic mass is 9.80. The smallest absolute Gasteiger partial charge is 0.226 e. The fourth-order valence-electron chi connectivity index (χ4n) is 2.92. The van der Waals surface area contributed by atoms with Crippen LogP contribution >= 0.6 is 0 Å². The normalized spacial score (nSPS) is 19.4. The highest BCUT2D eigenvalue weighted by Crippen LogP contribution is 2.29. The number of benzene rings is 1. The predicted octanol–water partition coefficient (Wildman–Crippen LogP) is 2.73. The van der Waals surface area contributed by atoms with Crippen LogP contribution in [0.1, 0.15) is 57.1 Å². The molecule has 1 fully saturated rings. The van der Waals surface area contributed by atoms with Crippen molar-refractivity contribution in [1.82, 2.24) is 0 Å². The first-order valence-corrected chi connectivity index (χ1v) is 7.36. The van der Waals surface area contributed by atoms with Crippen LogP contribution in [-0.2, 0) is 4.79 Å². The largest absolute Gasteiger partial charge is 0.389 e. The highest BCUT2D eigenvalue weighted by molar-refractivity contribution is 5.92. The van der Waals surface area contributed by atoms with E-state index in [2.05, 4.69) is 5.32 Å². The van der Waals surface area contributed by atoms with Crippen LogP contribution in [0.15, 0.2) is 24.3 Å². The molecule has 1 aliphatic carbocycles. The first-order chi connectivity index (χ1) is 9.50. The maximum atomic E-state index is 12.2. The van der Waals surface area contributed by atoms with E-state index in [9.17, 15) is 9.90 Å². The first-order valence-electron chi connectivity index (χ1n) is 7.36. The standard InChI is InChI=1S/C16H24N2O2/c1-12(19)13-7-3-4-8-14(13)18-15(20)11-16(17)9-5-2-6-10-16/h3-4,7-8,12,19H,2,5-6,9-11,17H2,1H3,(H,18,20). The molecule has 0 aliphatic heterocycles. The van der Waals surface area contributed by atoms with Crippen LogP contribution in [0, 0.1) is 0 Å². The number of anilines is 1. The highest BCUT2D eigenvalue weighted by atomic mass is 16.3. The number of carbonyl (C=O) groups excluding carboxylic acids is 1. The van der Waals surface area contributed by atoms with Crippen molar-refractivity contribution in [2.75, 3.05) is 5.32 Å². The first kappa shape index (κ1) is 15.0. The lowest BCUT2D eigenvalue weighted by Gasteiger charge is -2.32. The van der Waals surface area contributed by atoms with Gasteiger partial charge in [-0.25, -0.2) is 0 Å². The highest BCUT2D eigenvalue weighted by Gasteiger charge is 2.30. The molecule has 0 aromatic heterocycles. The third-order valence-corrected chi connectivity index (χ3v) is 4.05. The SMILES string of the molecule is CC(O)c1ccccc1NC(=O)CC1(N)CCCCC1. The summed E-state index contributed by atoms with van der Waals surface area (Å²) in [6.45, 7) is 1.69. The molecule has 1 atom stereocenters. The second-order valence-corrected chi connectivity index (χ2v) is 5.91.